The lowest BCUT2D eigenvalue weighted by Gasteiger charge is -2.36. The highest BCUT2D eigenvalue weighted by atomic mass is 15.2. The Morgan fingerprint density at radius 1 is 1.32 bits per heavy atom. The third-order valence-corrected chi connectivity index (χ3v) is 4.09. The minimum absolute atomic E-state index is 0.550. The van der Waals surface area contributed by atoms with Crippen LogP contribution in [0.25, 0.3) is 0 Å². The van der Waals surface area contributed by atoms with Gasteiger partial charge in [0.05, 0.1) is 0 Å². The molecule has 1 saturated heterocycles. The quantitative estimate of drug-likeness (QED) is 0.894. The Labute approximate surface area is 115 Å². The van der Waals surface area contributed by atoms with Crippen LogP contribution in [0.15, 0.2) is 0 Å². The zero-order valence-electron chi connectivity index (χ0n) is 12.5. The van der Waals surface area contributed by atoms with Crippen molar-refractivity contribution in [2.24, 2.45) is 0 Å². The Morgan fingerprint density at radius 2 is 1.95 bits per heavy atom. The van der Waals surface area contributed by atoms with E-state index in [0.29, 0.717) is 11.9 Å². The Balaban J connectivity index is 2.23. The Bertz CT molecular complexity index is 438. The second kappa shape index (κ2) is 5.74. The number of rotatable bonds is 3. The van der Waals surface area contributed by atoms with Crippen molar-refractivity contribution in [3.63, 3.8) is 0 Å². The first-order valence-electron chi connectivity index (χ1n) is 7.07. The van der Waals surface area contributed by atoms with Crippen LogP contribution >= 0.6 is 0 Å². The van der Waals surface area contributed by atoms with Crippen molar-refractivity contribution < 1.29 is 0 Å². The van der Waals surface area contributed by atoms with Gasteiger partial charge in [-0.05, 0) is 39.9 Å². The molecule has 2 heterocycles. The highest BCUT2D eigenvalue weighted by molar-refractivity contribution is 5.56. The lowest BCUT2D eigenvalue weighted by atomic mass is 10.0. The van der Waals surface area contributed by atoms with Gasteiger partial charge in [0.15, 0.2) is 0 Å². The molecule has 1 fully saturated rings. The van der Waals surface area contributed by atoms with Crippen LogP contribution in [-0.2, 0) is 6.42 Å². The average molecular weight is 263 g/mol. The molecule has 1 aromatic heterocycles. The molecular weight excluding hydrogens is 238 g/mol. The Hall–Kier alpha value is -1.36. The first-order valence-corrected chi connectivity index (χ1v) is 7.07. The van der Waals surface area contributed by atoms with Gasteiger partial charge in [0.1, 0.15) is 17.5 Å². The molecule has 0 aliphatic carbocycles. The fourth-order valence-corrected chi connectivity index (χ4v) is 2.63. The van der Waals surface area contributed by atoms with E-state index in [0.717, 1.165) is 36.7 Å². The predicted molar refractivity (Wildman–Crippen MR) is 79.5 cm³/mol. The summed E-state index contributed by atoms with van der Waals surface area (Å²) >= 11 is 0. The summed E-state index contributed by atoms with van der Waals surface area (Å²) in [4.78, 5) is 13.7. The minimum atomic E-state index is 0.550. The highest BCUT2D eigenvalue weighted by Crippen LogP contribution is 2.25. The van der Waals surface area contributed by atoms with Gasteiger partial charge in [-0.15, -0.1) is 0 Å². The molecule has 1 aliphatic rings. The molecule has 0 atom stereocenters. The summed E-state index contributed by atoms with van der Waals surface area (Å²) in [6, 6.07) is 0.550. The van der Waals surface area contributed by atoms with E-state index >= 15 is 0 Å². The molecule has 0 aromatic carbocycles. The smallest absolute Gasteiger partial charge is 0.137 e. The molecule has 5 nitrogen and oxygen atoms in total. The largest absolute Gasteiger partial charge is 0.383 e. The van der Waals surface area contributed by atoms with Crippen molar-refractivity contribution >= 4 is 11.6 Å². The second-order valence-corrected chi connectivity index (χ2v) is 5.47. The lowest BCUT2D eigenvalue weighted by Crippen LogP contribution is -2.42. The maximum absolute atomic E-state index is 6.00. The lowest BCUT2D eigenvalue weighted by molar-refractivity contribution is 0.252. The molecule has 0 amide bonds. The zero-order chi connectivity index (χ0) is 14.0. The third kappa shape index (κ3) is 2.97. The van der Waals surface area contributed by atoms with Gasteiger partial charge in [0.2, 0.25) is 0 Å². The van der Waals surface area contributed by atoms with Gasteiger partial charge in [-0.2, -0.15) is 0 Å². The van der Waals surface area contributed by atoms with E-state index in [-0.39, 0.29) is 0 Å². The van der Waals surface area contributed by atoms with Crippen molar-refractivity contribution in [2.45, 2.75) is 39.2 Å². The van der Waals surface area contributed by atoms with E-state index < -0.39 is 0 Å². The highest BCUT2D eigenvalue weighted by Gasteiger charge is 2.23. The monoisotopic (exact) mass is 263 g/mol. The molecule has 0 radical (unpaired) electrons. The van der Waals surface area contributed by atoms with Gasteiger partial charge in [-0.3, -0.25) is 0 Å². The number of likely N-dealkylation sites (tertiary alicyclic amines) is 1. The van der Waals surface area contributed by atoms with E-state index in [2.05, 4.69) is 40.8 Å². The summed E-state index contributed by atoms with van der Waals surface area (Å²) in [7, 11) is 4.31. The average Bonchev–Trinajstić information content (AvgIpc) is 2.41. The van der Waals surface area contributed by atoms with Crippen LogP contribution in [0.2, 0.25) is 0 Å². The molecule has 0 spiro atoms. The molecule has 106 valence electrons. The van der Waals surface area contributed by atoms with Crippen LogP contribution in [0.5, 0.6) is 0 Å². The van der Waals surface area contributed by atoms with Crippen LogP contribution in [0.1, 0.15) is 31.2 Å². The number of aromatic nitrogens is 2. The van der Waals surface area contributed by atoms with Gasteiger partial charge < -0.3 is 15.5 Å². The molecule has 19 heavy (non-hydrogen) atoms. The minimum Gasteiger partial charge on any atom is -0.383 e. The summed E-state index contributed by atoms with van der Waals surface area (Å²) in [5.41, 5.74) is 7.00. The van der Waals surface area contributed by atoms with Gasteiger partial charge in [-0.25, -0.2) is 9.97 Å². The van der Waals surface area contributed by atoms with E-state index in [1.54, 1.807) is 0 Å². The van der Waals surface area contributed by atoms with Crippen molar-refractivity contribution in [3.05, 3.63) is 11.4 Å². The van der Waals surface area contributed by atoms with E-state index in [4.69, 9.17) is 5.73 Å². The number of hydrogen-bond donors (Lipinski definition) is 1. The number of nitrogens with two attached hydrogens (primary N) is 1. The third-order valence-electron chi connectivity index (χ3n) is 4.09. The van der Waals surface area contributed by atoms with Crippen molar-refractivity contribution in [1.82, 2.24) is 14.9 Å². The predicted octanol–water partition coefficient (Wildman–Crippen LogP) is 1.46. The van der Waals surface area contributed by atoms with Gasteiger partial charge in [-0.1, -0.05) is 6.92 Å². The fourth-order valence-electron chi connectivity index (χ4n) is 2.63. The number of hydrogen-bond acceptors (Lipinski definition) is 5. The normalized spacial score (nSPS) is 17.7. The summed E-state index contributed by atoms with van der Waals surface area (Å²) in [5.74, 6) is 2.44. The van der Waals surface area contributed by atoms with Gasteiger partial charge >= 0.3 is 0 Å². The molecular formula is C14H25N5. The number of nitrogens with zero attached hydrogens (tertiary/aromatic N) is 4. The SMILES string of the molecule is CCc1nc(N)c(C)c(N(C)C2CCN(C)CC2)n1. The van der Waals surface area contributed by atoms with Gasteiger partial charge in [0.25, 0.3) is 0 Å². The van der Waals surface area contributed by atoms with Crippen molar-refractivity contribution in [2.75, 3.05) is 37.8 Å². The first kappa shape index (κ1) is 14.1. The molecule has 0 saturated carbocycles. The molecule has 0 unspecified atom stereocenters. The van der Waals surface area contributed by atoms with E-state index in [1.807, 2.05) is 6.92 Å². The fraction of sp³-hybridized carbons (Fsp3) is 0.714. The van der Waals surface area contributed by atoms with Crippen LogP contribution in [0.3, 0.4) is 0 Å². The Morgan fingerprint density at radius 3 is 2.53 bits per heavy atom. The first-order chi connectivity index (χ1) is 9.02. The summed E-state index contributed by atoms with van der Waals surface area (Å²) in [6.45, 7) is 6.36. The summed E-state index contributed by atoms with van der Waals surface area (Å²) in [5, 5.41) is 0. The summed E-state index contributed by atoms with van der Waals surface area (Å²) < 4.78 is 0. The summed E-state index contributed by atoms with van der Waals surface area (Å²) in [6.07, 6.45) is 3.17. The van der Waals surface area contributed by atoms with Crippen LogP contribution in [-0.4, -0.2) is 48.1 Å². The number of nitrogen functional groups attached to an aromatic ring is 1. The molecule has 0 bridgehead atoms. The van der Waals surface area contributed by atoms with Crippen LogP contribution in [0, 0.1) is 6.92 Å². The van der Waals surface area contributed by atoms with E-state index in [9.17, 15) is 0 Å². The van der Waals surface area contributed by atoms with Crippen LogP contribution < -0.4 is 10.6 Å². The molecule has 1 aliphatic heterocycles. The Kier molecular flexibility index (Phi) is 4.24. The van der Waals surface area contributed by atoms with E-state index in [1.165, 1.54) is 12.8 Å². The number of piperidine rings is 1. The molecule has 1 aromatic rings. The van der Waals surface area contributed by atoms with Crippen molar-refractivity contribution in [3.8, 4) is 0 Å². The number of anilines is 2. The maximum atomic E-state index is 6.00. The molecule has 2 N–H and O–H groups in total. The van der Waals surface area contributed by atoms with Crippen molar-refractivity contribution in [1.29, 1.82) is 0 Å². The standard InChI is InChI=1S/C14H25N5/c1-5-12-16-13(15)10(2)14(17-12)19(4)11-6-8-18(3)9-7-11/h11H,5-9H2,1-4H3,(H2,15,16,17). The topological polar surface area (TPSA) is 58.3 Å². The maximum Gasteiger partial charge on any atom is 0.137 e. The number of aryl methyl sites for hydroxylation is 1. The molecule has 5 heteroatoms. The second-order valence-electron chi connectivity index (χ2n) is 5.47. The zero-order valence-corrected chi connectivity index (χ0v) is 12.5. The molecule has 2 rings (SSSR count). The van der Waals surface area contributed by atoms with Gasteiger partial charge in [0, 0.05) is 25.1 Å². The van der Waals surface area contributed by atoms with Crippen LogP contribution in [0.4, 0.5) is 11.6 Å².